The zero-order chi connectivity index (χ0) is 44.7. The zero-order valence-electron chi connectivity index (χ0n) is 32.8. The quantitative estimate of drug-likeness (QED) is 0.0359. The number of amides is 7. The first-order valence-corrected chi connectivity index (χ1v) is 18.6. The van der Waals surface area contributed by atoms with Crippen molar-refractivity contribution in [1.29, 1.82) is 0 Å². The number of nitrogens with one attached hydrogen (secondary N) is 7. The Morgan fingerprint density at radius 2 is 1.15 bits per heavy atom. The van der Waals surface area contributed by atoms with E-state index in [2.05, 4.69) is 31.9 Å². The van der Waals surface area contributed by atoms with Crippen LogP contribution in [0.1, 0.15) is 64.4 Å². The largest absolute Gasteiger partial charge is 0.508 e. The highest BCUT2D eigenvalue weighted by Crippen LogP contribution is 2.13. The lowest BCUT2D eigenvalue weighted by Crippen LogP contribution is -2.57. The minimum absolute atomic E-state index is 0.0619. The van der Waals surface area contributed by atoms with Gasteiger partial charge in [-0.05, 0) is 55.8 Å². The zero-order valence-corrected chi connectivity index (χ0v) is 32.8. The molecule has 15 N–H and O–H groups in total. The highest BCUT2D eigenvalue weighted by Gasteiger charge is 2.30. The third-order valence-corrected chi connectivity index (χ3v) is 8.26. The molecule has 0 aromatic heterocycles. The molecule has 0 fully saturated rings. The molecule has 328 valence electrons. The van der Waals surface area contributed by atoms with Gasteiger partial charge in [0.25, 0.3) is 0 Å². The van der Waals surface area contributed by atoms with Crippen molar-refractivity contribution in [3.8, 4) is 5.75 Å². The van der Waals surface area contributed by atoms with E-state index in [-0.39, 0.29) is 24.5 Å². The second-order valence-electron chi connectivity index (χ2n) is 13.8. The van der Waals surface area contributed by atoms with Crippen molar-refractivity contribution in [1.82, 2.24) is 37.2 Å². The Morgan fingerprint density at radius 3 is 1.69 bits per heavy atom. The Balaban J connectivity index is 3.00. The van der Waals surface area contributed by atoms with Gasteiger partial charge in [-0.1, -0.05) is 32.4 Å². The van der Waals surface area contributed by atoms with Crippen molar-refractivity contribution < 1.29 is 68.4 Å². The van der Waals surface area contributed by atoms with Gasteiger partial charge in [-0.15, -0.1) is 0 Å². The molecule has 0 saturated carbocycles. The summed E-state index contributed by atoms with van der Waals surface area (Å²) in [6, 6.07) is -0.926. The SMILES string of the molecule is CC(C)C[C@H](NC(=O)[C@@H](N)CCCCN)C(=O)N[C@@H](Cc1ccc(O)cc1)C(=O)NCC(=O)N[C@@H](CCC(=O)O)C(=O)NCC(=O)NCC(=O)N[C@@H](CC(=O)O)C(=O)O. The first-order chi connectivity index (χ1) is 27.7. The van der Waals surface area contributed by atoms with Crippen molar-refractivity contribution in [2.45, 2.75) is 95.4 Å². The first kappa shape index (κ1) is 50.7. The summed E-state index contributed by atoms with van der Waals surface area (Å²) in [5.41, 5.74) is 12.0. The smallest absolute Gasteiger partial charge is 0.326 e. The van der Waals surface area contributed by atoms with Crippen LogP contribution in [-0.4, -0.2) is 136 Å². The molecule has 5 atom stereocenters. The number of hydrogen-bond acceptors (Lipinski definition) is 13. The van der Waals surface area contributed by atoms with Crippen molar-refractivity contribution in [2.24, 2.45) is 17.4 Å². The molecule has 0 unspecified atom stereocenters. The normalized spacial score (nSPS) is 13.3. The summed E-state index contributed by atoms with van der Waals surface area (Å²) in [6.45, 7) is 1.72. The maximum atomic E-state index is 13.6. The van der Waals surface area contributed by atoms with Gasteiger partial charge in [0.2, 0.25) is 41.4 Å². The summed E-state index contributed by atoms with van der Waals surface area (Å²) in [6.07, 6.45) is -0.356. The number of aromatic hydroxyl groups is 1. The van der Waals surface area contributed by atoms with Crippen LogP contribution >= 0.6 is 0 Å². The Bertz CT molecular complexity index is 1640. The number of unbranched alkanes of at least 4 members (excludes halogenated alkanes) is 1. The van der Waals surface area contributed by atoms with Crippen molar-refractivity contribution >= 4 is 59.3 Å². The van der Waals surface area contributed by atoms with Gasteiger partial charge in [-0.2, -0.15) is 0 Å². The number of carboxylic acid groups (broad SMARTS) is 3. The van der Waals surface area contributed by atoms with E-state index in [1.165, 1.54) is 24.3 Å². The highest BCUT2D eigenvalue weighted by molar-refractivity contribution is 5.96. The van der Waals surface area contributed by atoms with Crippen LogP contribution in [-0.2, 0) is 54.4 Å². The maximum absolute atomic E-state index is 13.6. The average molecular weight is 838 g/mol. The number of carbonyl (C=O) groups excluding carboxylic acids is 7. The van der Waals surface area contributed by atoms with Gasteiger partial charge < -0.3 is 69.1 Å². The van der Waals surface area contributed by atoms with Gasteiger partial charge in [0, 0.05) is 12.8 Å². The van der Waals surface area contributed by atoms with Crippen LogP contribution in [0.2, 0.25) is 0 Å². The molecule has 0 aliphatic rings. The van der Waals surface area contributed by atoms with Gasteiger partial charge in [0.15, 0.2) is 0 Å². The molecule has 0 aliphatic carbocycles. The Hall–Kier alpha value is -6.36. The Kier molecular flexibility index (Phi) is 22.8. The van der Waals surface area contributed by atoms with E-state index < -0.39 is 128 Å². The molecule has 1 aromatic carbocycles. The predicted molar refractivity (Wildman–Crippen MR) is 206 cm³/mol. The molecular weight excluding hydrogens is 782 g/mol. The van der Waals surface area contributed by atoms with E-state index in [1.54, 1.807) is 0 Å². The average Bonchev–Trinajstić information content (AvgIpc) is 3.16. The number of rotatable bonds is 28. The molecule has 0 saturated heterocycles. The summed E-state index contributed by atoms with van der Waals surface area (Å²) in [7, 11) is 0. The number of carboxylic acids is 3. The molecule has 0 heterocycles. The van der Waals surface area contributed by atoms with Gasteiger partial charge in [-0.25, -0.2) is 4.79 Å². The molecule has 0 bridgehead atoms. The summed E-state index contributed by atoms with van der Waals surface area (Å²) in [4.78, 5) is 123. The highest BCUT2D eigenvalue weighted by atomic mass is 16.4. The second kappa shape index (κ2) is 26.5. The molecule has 23 heteroatoms. The molecule has 1 rings (SSSR count). The summed E-state index contributed by atoms with van der Waals surface area (Å²) in [5.74, 6) is -10.8. The number of phenols is 1. The predicted octanol–water partition coefficient (Wildman–Crippen LogP) is -3.85. The van der Waals surface area contributed by atoms with Gasteiger partial charge in [0.1, 0.15) is 29.9 Å². The number of aliphatic carboxylic acids is 3. The van der Waals surface area contributed by atoms with Crippen LogP contribution in [0.3, 0.4) is 0 Å². The van der Waals surface area contributed by atoms with Crippen molar-refractivity contribution in [3.63, 3.8) is 0 Å². The Labute approximate surface area is 339 Å². The van der Waals surface area contributed by atoms with E-state index in [4.69, 9.17) is 26.8 Å². The fourth-order valence-electron chi connectivity index (χ4n) is 5.20. The topological polar surface area (TPSA) is 388 Å². The maximum Gasteiger partial charge on any atom is 0.326 e. The lowest BCUT2D eigenvalue weighted by Gasteiger charge is -2.25. The lowest BCUT2D eigenvalue weighted by molar-refractivity contribution is -0.147. The van der Waals surface area contributed by atoms with Gasteiger partial charge in [0.05, 0.1) is 32.1 Å². The van der Waals surface area contributed by atoms with Crippen LogP contribution in [0.5, 0.6) is 5.75 Å². The van der Waals surface area contributed by atoms with E-state index in [0.717, 1.165) is 0 Å². The molecule has 0 radical (unpaired) electrons. The summed E-state index contributed by atoms with van der Waals surface area (Å²) < 4.78 is 0. The minimum atomic E-state index is -1.77. The molecule has 23 nitrogen and oxygen atoms in total. The van der Waals surface area contributed by atoms with Gasteiger partial charge >= 0.3 is 17.9 Å². The van der Waals surface area contributed by atoms with Crippen LogP contribution in [0, 0.1) is 5.92 Å². The second-order valence-corrected chi connectivity index (χ2v) is 13.8. The van der Waals surface area contributed by atoms with E-state index in [1.807, 2.05) is 19.2 Å². The monoisotopic (exact) mass is 837 g/mol. The third-order valence-electron chi connectivity index (χ3n) is 8.26. The van der Waals surface area contributed by atoms with Crippen molar-refractivity contribution in [2.75, 3.05) is 26.2 Å². The standard InChI is InChI=1S/C36H55N9O14/c1-19(2)13-24(44-32(54)22(38)5-3-4-12-37)35(57)45-25(14-20-6-8-21(46)9-7-20)34(56)41-18-29(49)42-23(10-11-30(50)51)33(55)40-16-27(47)39-17-28(48)43-26(36(58)59)15-31(52)53/h6-9,19,22-26,46H,3-5,10-18,37-38H2,1-2H3,(H,39,47)(H,40,55)(H,41,56)(H,42,49)(H,43,48)(H,44,54)(H,45,57)(H,50,51)(H,52,53)(H,58,59)/t22-,23-,24-,25-,26-/m0/s1. The molecule has 59 heavy (non-hydrogen) atoms. The number of carbonyl (C=O) groups is 10. The fraction of sp³-hybridized carbons (Fsp3) is 0.556. The molecule has 1 aromatic rings. The summed E-state index contributed by atoms with van der Waals surface area (Å²) >= 11 is 0. The lowest BCUT2D eigenvalue weighted by atomic mass is 10.00. The fourth-order valence-corrected chi connectivity index (χ4v) is 5.20. The van der Waals surface area contributed by atoms with E-state index in [9.17, 15) is 53.1 Å². The van der Waals surface area contributed by atoms with E-state index in [0.29, 0.717) is 31.4 Å². The minimum Gasteiger partial charge on any atom is -0.508 e. The van der Waals surface area contributed by atoms with Gasteiger partial charge in [-0.3, -0.25) is 43.2 Å². The molecule has 0 aliphatic heterocycles. The Morgan fingerprint density at radius 1 is 0.610 bits per heavy atom. The van der Waals surface area contributed by atoms with Crippen LogP contribution < -0.4 is 48.7 Å². The van der Waals surface area contributed by atoms with Crippen LogP contribution in [0.15, 0.2) is 24.3 Å². The molecule has 7 amide bonds. The van der Waals surface area contributed by atoms with Crippen LogP contribution in [0.4, 0.5) is 0 Å². The molecule has 0 spiro atoms. The number of nitrogens with two attached hydrogens (primary N) is 2. The third kappa shape index (κ3) is 21.7. The number of hydrogen-bond donors (Lipinski definition) is 13. The number of benzene rings is 1. The van der Waals surface area contributed by atoms with E-state index >= 15 is 0 Å². The van der Waals surface area contributed by atoms with Crippen molar-refractivity contribution in [3.05, 3.63) is 29.8 Å². The molecular formula is C36H55N9O14. The summed E-state index contributed by atoms with van der Waals surface area (Å²) in [5, 5.41) is 52.7. The van der Waals surface area contributed by atoms with Crippen LogP contribution in [0.25, 0.3) is 0 Å². The first-order valence-electron chi connectivity index (χ1n) is 18.6. The number of phenolic OH excluding ortho intramolecular Hbond substituents is 1.